The van der Waals surface area contributed by atoms with E-state index >= 15 is 0 Å². The summed E-state index contributed by atoms with van der Waals surface area (Å²) in [5.41, 5.74) is 0. The molecular formula is C15H28O2. The Hall–Kier alpha value is -0.0800. The van der Waals surface area contributed by atoms with Crippen molar-refractivity contribution in [3.8, 4) is 0 Å². The summed E-state index contributed by atoms with van der Waals surface area (Å²) in [6, 6.07) is 0. The third-order valence-corrected chi connectivity index (χ3v) is 4.74. The molecule has 2 heteroatoms. The van der Waals surface area contributed by atoms with Gasteiger partial charge in [-0.2, -0.15) is 0 Å². The molecule has 0 amide bonds. The van der Waals surface area contributed by atoms with Gasteiger partial charge in [-0.05, 0) is 49.9 Å². The van der Waals surface area contributed by atoms with Gasteiger partial charge in [0.25, 0.3) is 0 Å². The Morgan fingerprint density at radius 1 is 0.941 bits per heavy atom. The van der Waals surface area contributed by atoms with Crippen molar-refractivity contribution in [2.75, 3.05) is 26.4 Å². The standard InChI is InChI=1S/C15H28O2/c1-2-14(15-7-11-17-12-8-15)4-3-13-5-9-16-10-6-13/h13-15H,2-12H2,1H3. The van der Waals surface area contributed by atoms with Gasteiger partial charge in [-0.1, -0.05) is 19.8 Å². The molecule has 1 unspecified atom stereocenters. The number of ether oxygens (including phenoxy) is 2. The molecule has 0 saturated carbocycles. The van der Waals surface area contributed by atoms with E-state index < -0.39 is 0 Å². The van der Waals surface area contributed by atoms with Crippen LogP contribution in [0.4, 0.5) is 0 Å². The van der Waals surface area contributed by atoms with Gasteiger partial charge in [0.2, 0.25) is 0 Å². The zero-order valence-corrected chi connectivity index (χ0v) is 11.3. The molecule has 0 aromatic heterocycles. The molecule has 2 heterocycles. The van der Waals surface area contributed by atoms with Crippen LogP contribution in [0.5, 0.6) is 0 Å². The molecule has 0 bridgehead atoms. The predicted molar refractivity (Wildman–Crippen MR) is 70.1 cm³/mol. The monoisotopic (exact) mass is 240 g/mol. The number of hydrogen-bond acceptors (Lipinski definition) is 2. The van der Waals surface area contributed by atoms with Crippen molar-refractivity contribution in [1.29, 1.82) is 0 Å². The molecule has 0 aromatic rings. The van der Waals surface area contributed by atoms with Gasteiger partial charge in [0.05, 0.1) is 0 Å². The Labute approximate surface area is 106 Å². The summed E-state index contributed by atoms with van der Waals surface area (Å²) in [6.45, 7) is 6.36. The van der Waals surface area contributed by atoms with Crippen LogP contribution < -0.4 is 0 Å². The van der Waals surface area contributed by atoms with Crippen LogP contribution in [0, 0.1) is 17.8 Å². The maximum atomic E-state index is 5.47. The SMILES string of the molecule is CCC(CCC1CCOCC1)C1CCOCC1. The highest BCUT2D eigenvalue weighted by molar-refractivity contribution is 4.74. The average molecular weight is 240 g/mol. The fraction of sp³-hybridized carbons (Fsp3) is 1.00. The van der Waals surface area contributed by atoms with Crippen molar-refractivity contribution >= 4 is 0 Å². The van der Waals surface area contributed by atoms with E-state index in [-0.39, 0.29) is 0 Å². The lowest BCUT2D eigenvalue weighted by atomic mass is 9.79. The fourth-order valence-electron chi connectivity index (χ4n) is 3.45. The van der Waals surface area contributed by atoms with Gasteiger partial charge in [-0.3, -0.25) is 0 Å². The van der Waals surface area contributed by atoms with Crippen molar-refractivity contribution in [2.24, 2.45) is 17.8 Å². The minimum atomic E-state index is 0.939. The molecule has 0 N–H and O–H groups in total. The lowest BCUT2D eigenvalue weighted by Gasteiger charge is -2.31. The molecule has 0 radical (unpaired) electrons. The van der Waals surface area contributed by atoms with E-state index in [0.29, 0.717) is 0 Å². The van der Waals surface area contributed by atoms with Gasteiger partial charge in [-0.25, -0.2) is 0 Å². The molecule has 2 rings (SSSR count). The van der Waals surface area contributed by atoms with Gasteiger partial charge in [0.1, 0.15) is 0 Å². The molecule has 1 atom stereocenters. The van der Waals surface area contributed by atoms with E-state index in [1.165, 1.54) is 44.9 Å². The second-order valence-electron chi connectivity index (χ2n) is 5.75. The molecule has 2 aliphatic heterocycles. The molecule has 2 fully saturated rings. The number of rotatable bonds is 5. The summed E-state index contributed by atoms with van der Waals surface area (Å²) in [5.74, 6) is 2.83. The Balaban J connectivity index is 1.70. The molecule has 0 spiro atoms. The quantitative estimate of drug-likeness (QED) is 0.730. The predicted octanol–water partition coefficient (Wildman–Crippen LogP) is 3.65. The minimum Gasteiger partial charge on any atom is -0.381 e. The summed E-state index contributed by atoms with van der Waals surface area (Å²) in [4.78, 5) is 0. The van der Waals surface area contributed by atoms with Crippen LogP contribution >= 0.6 is 0 Å². The molecule has 0 aliphatic carbocycles. The normalized spacial score (nSPS) is 25.9. The van der Waals surface area contributed by atoms with Gasteiger partial charge >= 0.3 is 0 Å². The minimum absolute atomic E-state index is 0.939. The van der Waals surface area contributed by atoms with E-state index in [0.717, 1.165) is 44.2 Å². The van der Waals surface area contributed by atoms with Crippen molar-refractivity contribution in [1.82, 2.24) is 0 Å². The highest BCUT2D eigenvalue weighted by atomic mass is 16.5. The smallest absolute Gasteiger partial charge is 0.0468 e. The highest BCUT2D eigenvalue weighted by Gasteiger charge is 2.24. The topological polar surface area (TPSA) is 18.5 Å². The van der Waals surface area contributed by atoms with Crippen LogP contribution in [-0.4, -0.2) is 26.4 Å². The lowest BCUT2D eigenvalue weighted by Crippen LogP contribution is -2.24. The fourth-order valence-corrected chi connectivity index (χ4v) is 3.45. The van der Waals surface area contributed by atoms with Crippen molar-refractivity contribution in [3.63, 3.8) is 0 Å². The Morgan fingerprint density at radius 2 is 1.53 bits per heavy atom. The first kappa shape index (κ1) is 13.4. The molecule has 2 aliphatic rings. The lowest BCUT2D eigenvalue weighted by molar-refractivity contribution is 0.0373. The zero-order chi connectivity index (χ0) is 11.9. The Kier molecular flexibility index (Phi) is 5.79. The van der Waals surface area contributed by atoms with Gasteiger partial charge in [0, 0.05) is 26.4 Å². The maximum absolute atomic E-state index is 5.47. The summed E-state index contributed by atoms with van der Waals surface area (Å²) in [7, 11) is 0. The zero-order valence-electron chi connectivity index (χ0n) is 11.3. The van der Waals surface area contributed by atoms with Gasteiger partial charge in [-0.15, -0.1) is 0 Å². The van der Waals surface area contributed by atoms with E-state index in [4.69, 9.17) is 9.47 Å². The van der Waals surface area contributed by atoms with Crippen LogP contribution in [0.25, 0.3) is 0 Å². The largest absolute Gasteiger partial charge is 0.381 e. The van der Waals surface area contributed by atoms with Crippen LogP contribution in [0.1, 0.15) is 51.9 Å². The van der Waals surface area contributed by atoms with E-state index in [1.54, 1.807) is 0 Å². The van der Waals surface area contributed by atoms with Crippen LogP contribution in [0.2, 0.25) is 0 Å². The van der Waals surface area contributed by atoms with E-state index in [2.05, 4.69) is 6.92 Å². The van der Waals surface area contributed by atoms with E-state index in [9.17, 15) is 0 Å². The molecule has 0 aromatic carbocycles. The molecule has 17 heavy (non-hydrogen) atoms. The van der Waals surface area contributed by atoms with Crippen LogP contribution in [0.3, 0.4) is 0 Å². The van der Waals surface area contributed by atoms with Crippen molar-refractivity contribution in [2.45, 2.75) is 51.9 Å². The second kappa shape index (κ2) is 7.38. The molecular weight excluding hydrogens is 212 g/mol. The Bertz CT molecular complexity index is 193. The van der Waals surface area contributed by atoms with Crippen LogP contribution in [-0.2, 0) is 9.47 Å². The highest BCUT2D eigenvalue weighted by Crippen LogP contribution is 2.32. The first-order chi connectivity index (χ1) is 8.40. The summed E-state index contributed by atoms with van der Waals surface area (Å²) >= 11 is 0. The van der Waals surface area contributed by atoms with E-state index in [1.807, 2.05) is 0 Å². The molecule has 2 saturated heterocycles. The number of hydrogen-bond donors (Lipinski definition) is 0. The van der Waals surface area contributed by atoms with Crippen molar-refractivity contribution < 1.29 is 9.47 Å². The third-order valence-electron chi connectivity index (χ3n) is 4.74. The molecule has 100 valence electrons. The summed E-state index contributed by atoms with van der Waals surface area (Å²) in [6.07, 6.45) is 9.41. The Morgan fingerprint density at radius 3 is 2.12 bits per heavy atom. The van der Waals surface area contributed by atoms with Crippen molar-refractivity contribution in [3.05, 3.63) is 0 Å². The second-order valence-corrected chi connectivity index (χ2v) is 5.75. The van der Waals surface area contributed by atoms with Gasteiger partial charge < -0.3 is 9.47 Å². The first-order valence-corrected chi connectivity index (χ1v) is 7.55. The van der Waals surface area contributed by atoms with Crippen LogP contribution in [0.15, 0.2) is 0 Å². The maximum Gasteiger partial charge on any atom is 0.0468 e. The first-order valence-electron chi connectivity index (χ1n) is 7.55. The molecule has 2 nitrogen and oxygen atoms in total. The van der Waals surface area contributed by atoms with Gasteiger partial charge in [0.15, 0.2) is 0 Å². The summed E-state index contributed by atoms with van der Waals surface area (Å²) in [5, 5.41) is 0. The third kappa shape index (κ3) is 4.26. The summed E-state index contributed by atoms with van der Waals surface area (Å²) < 4.78 is 10.9. The average Bonchev–Trinajstić information content (AvgIpc) is 2.42.